The van der Waals surface area contributed by atoms with Crippen LogP contribution in [0.3, 0.4) is 0 Å². The van der Waals surface area contributed by atoms with Crippen LogP contribution >= 0.6 is 0 Å². The molecule has 0 saturated carbocycles. The summed E-state index contributed by atoms with van der Waals surface area (Å²) >= 11 is 0. The number of H-pyrrole nitrogens is 1. The summed E-state index contributed by atoms with van der Waals surface area (Å²) in [5.41, 5.74) is 6.46. The summed E-state index contributed by atoms with van der Waals surface area (Å²) in [6, 6.07) is 3.18. The molecule has 0 spiro atoms. The number of aryl methyl sites for hydroxylation is 1. The number of hydrogen-bond donors (Lipinski definition) is 2. The fourth-order valence-electron chi connectivity index (χ4n) is 1.65. The summed E-state index contributed by atoms with van der Waals surface area (Å²) in [5.74, 6) is 0.392. The second-order valence-electron chi connectivity index (χ2n) is 3.56. The van der Waals surface area contributed by atoms with E-state index in [9.17, 15) is 4.79 Å². The molecule has 3 aromatic heterocycles. The minimum atomic E-state index is -0.268. The number of nitrogen functional groups attached to an aromatic ring is 1. The predicted octanol–water partition coefficient (Wildman–Crippen LogP) is -0.600. The molecule has 0 radical (unpaired) electrons. The Morgan fingerprint density at radius 1 is 1.41 bits per heavy atom. The van der Waals surface area contributed by atoms with Crippen molar-refractivity contribution >= 4 is 11.7 Å². The quantitative estimate of drug-likeness (QED) is 0.581. The molecule has 0 aromatic carbocycles. The summed E-state index contributed by atoms with van der Waals surface area (Å²) < 4.78 is 2.82. The van der Waals surface area contributed by atoms with Crippen molar-refractivity contribution in [1.82, 2.24) is 29.4 Å². The number of anilines is 1. The normalized spacial score (nSPS) is 11.1. The van der Waals surface area contributed by atoms with E-state index in [1.165, 1.54) is 10.6 Å². The van der Waals surface area contributed by atoms with Crippen LogP contribution < -0.4 is 11.3 Å². The molecule has 8 heteroatoms. The van der Waals surface area contributed by atoms with E-state index in [0.717, 1.165) is 5.69 Å². The van der Waals surface area contributed by atoms with Gasteiger partial charge < -0.3 is 5.73 Å². The lowest BCUT2D eigenvalue weighted by molar-refractivity contribution is 0.772. The number of nitrogens with zero attached hydrogens (tertiary/aromatic N) is 5. The standard InChI is InChI=1S/C9H9N7O/c1-15-6(2-3-11-15)5-4-7(17)16-9(12-5)13-8(10)14-16/h2-4H,1H3,(H3,10,12,13,14). The van der Waals surface area contributed by atoms with Crippen LogP contribution in [0.5, 0.6) is 0 Å². The lowest BCUT2D eigenvalue weighted by atomic mass is 10.3. The van der Waals surface area contributed by atoms with Gasteiger partial charge in [-0.2, -0.15) is 14.6 Å². The lowest BCUT2D eigenvalue weighted by Crippen LogP contribution is -2.15. The molecule has 0 aliphatic rings. The van der Waals surface area contributed by atoms with Crippen LogP contribution in [0.25, 0.3) is 17.2 Å². The van der Waals surface area contributed by atoms with Crippen LogP contribution in [-0.4, -0.2) is 29.4 Å². The molecule has 0 amide bonds. The van der Waals surface area contributed by atoms with Crippen LogP contribution in [0.15, 0.2) is 23.1 Å². The van der Waals surface area contributed by atoms with Gasteiger partial charge in [0.2, 0.25) is 5.95 Å². The van der Waals surface area contributed by atoms with Crippen molar-refractivity contribution in [2.75, 3.05) is 5.73 Å². The van der Waals surface area contributed by atoms with Crippen LogP contribution in [0, 0.1) is 0 Å². The first kappa shape index (κ1) is 9.58. The van der Waals surface area contributed by atoms with Gasteiger partial charge in [-0.05, 0) is 6.07 Å². The van der Waals surface area contributed by atoms with Crippen LogP contribution in [0.2, 0.25) is 0 Å². The second-order valence-corrected chi connectivity index (χ2v) is 3.56. The van der Waals surface area contributed by atoms with Crippen LogP contribution in [0.1, 0.15) is 0 Å². The van der Waals surface area contributed by atoms with E-state index in [0.29, 0.717) is 5.69 Å². The maximum Gasteiger partial charge on any atom is 0.274 e. The maximum absolute atomic E-state index is 11.8. The second kappa shape index (κ2) is 3.17. The van der Waals surface area contributed by atoms with Gasteiger partial charge in [0.05, 0.1) is 11.4 Å². The Morgan fingerprint density at radius 3 is 2.94 bits per heavy atom. The Labute approximate surface area is 94.7 Å². The van der Waals surface area contributed by atoms with Gasteiger partial charge in [-0.3, -0.25) is 14.6 Å². The molecule has 3 aromatic rings. The number of aromatic amines is 1. The topological polar surface area (TPSA) is 107 Å². The van der Waals surface area contributed by atoms with E-state index in [-0.39, 0.29) is 17.3 Å². The Bertz CT molecular complexity index is 750. The monoisotopic (exact) mass is 231 g/mol. The molecule has 3 rings (SSSR count). The highest BCUT2D eigenvalue weighted by Crippen LogP contribution is 2.13. The van der Waals surface area contributed by atoms with E-state index in [1.807, 2.05) is 0 Å². The summed E-state index contributed by atoms with van der Waals surface area (Å²) in [5, 5.41) is 6.62. The van der Waals surface area contributed by atoms with E-state index in [4.69, 9.17) is 5.73 Å². The lowest BCUT2D eigenvalue weighted by Gasteiger charge is -2.00. The molecule has 0 fully saturated rings. The van der Waals surface area contributed by atoms with Crippen molar-refractivity contribution in [3.05, 3.63) is 28.7 Å². The highest BCUT2D eigenvalue weighted by atomic mass is 16.1. The van der Waals surface area contributed by atoms with Gasteiger partial charge in [-0.15, -0.1) is 0 Å². The number of aromatic nitrogens is 6. The van der Waals surface area contributed by atoms with Crippen molar-refractivity contribution in [1.29, 1.82) is 0 Å². The SMILES string of the molecule is Cn1nccc1-c1cc(=O)n2[nH]c(N)nc2n1. The van der Waals surface area contributed by atoms with Crippen LogP contribution in [0.4, 0.5) is 5.95 Å². The molecule has 0 aliphatic heterocycles. The van der Waals surface area contributed by atoms with Gasteiger partial charge in [0.1, 0.15) is 0 Å². The zero-order valence-electron chi connectivity index (χ0n) is 8.95. The number of hydrogen-bond acceptors (Lipinski definition) is 5. The first-order valence-electron chi connectivity index (χ1n) is 4.89. The summed E-state index contributed by atoms with van der Waals surface area (Å²) in [6.45, 7) is 0. The molecule has 86 valence electrons. The highest BCUT2D eigenvalue weighted by Gasteiger charge is 2.10. The third-order valence-corrected chi connectivity index (χ3v) is 2.43. The third-order valence-electron chi connectivity index (χ3n) is 2.43. The van der Waals surface area contributed by atoms with Gasteiger partial charge in [-0.25, -0.2) is 4.98 Å². The van der Waals surface area contributed by atoms with E-state index >= 15 is 0 Å². The average Bonchev–Trinajstić information content (AvgIpc) is 2.83. The van der Waals surface area contributed by atoms with Crippen molar-refractivity contribution < 1.29 is 0 Å². The van der Waals surface area contributed by atoms with Gasteiger partial charge >= 0.3 is 0 Å². The predicted molar refractivity (Wildman–Crippen MR) is 60.2 cm³/mol. The maximum atomic E-state index is 11.8. The van der Waals surface area contributed by atoms with Gasteiger partial charge in [0.25, 0.3) is 11.3 Å². The molecule has 0 unspecified atom stereocenters. The molecule has 3 N–H and O–H groups in total. The largest absolute Gasteiger partial charge is 0.368 e. The molecular weight excluding hydrogens is 222 g/mol. The number of fused-ring (bicyclic) bond motifs is 1. The highest BCUT2D eigenvalue weighted by molar-refractivity contribution is 5.56. The zero-order chi connectivity index (χ0) is 12.0. The third kappa shape index (κ3) is 1.38. The smallest absolute Gasteiger partial charge is 0.274 e. The molecule has 3 heterocycles. The van der Waals surface area contributed by atoms with Crippen LogP contribution in [-0.2, 0) is 7.05 Å². The van der Waals surface area contributed by atoms with Crippen molar-refractivity contribution in [3.63, 3.8) is 0 Å². The Hall–Kier alpha value is -2.64. The van der Waals surface area contributed by atoms with Gasteiger partial charge in [0.15, 0.2) is 0 Å². The zero-order valence-corrected chi connectivity index (χ0v) is 8.95. The Balaban J connectivity index is 2.32. The Kier molecular flexibility index (Phi) is 1.79. The minimum Gasteiger partial charge on any atom is -0.368 e. The average molecular weight is 231 g/mol. The molecule has 0 aliphatic carbocycles. The molecule has 0 saturated heterocycles. The molecule has 0 bridgehead atoms. The first-order valence-corrected chi connectivity index (χ1v) is 4.89. The molecule has 8 nitrogen and oxygen atoms in total. The molecule has 17 heavy (non-hydrogen) atoms. The first-order chi connectivity index (χ1) is 8.15. The number of rotatable bonds is 1. The Morgan fingerprint density at radius 2 is 2.24 bits per heavy atom. The van der Waals surface area contributed by atoms with Gasteiger partial charge in [-0.1, -0.05) is 0 Å². The fourth-order valence-corrected chi connectivity index (χ4v) is 1.65. The van der Waals surface area contributed by atoms with Crippen molar-refractivity contribution in [2.45, 2.75) is 0 Å². The summed E-state index contributed by atoms with van der Waals surface area (Å²) in [6.07, 6.45) is 1.64. The molecule has 0 atom stereocenters. The van der Waals surface area contributed by atoms with Crippen molar-refractivity contribution in [3.8, 4) is 11.4 Å². The number of nitrogens with one attached hydrogen (secondary N) is 1. The number of nitrogens with two attached hydrogens (primary N) is 1. The van der Waals surface area contributed by atoms with E-state index in [2.05, 4.69) is 20.2 Å². The fraction of sp³-hybridized carbons (Fsp3) is 0.111. The minimum absolute atomic E-state index is 0.150. The van der Waals surface area contributed by atoms with Crippen molar-refractivity contribution in [2.24, 2.45) is 7.05 Å². The van der Waals surface area contributed by atoms with Gasteiger partial charge in [0, 0.05) is 19.3 Å². The molecular formula is C9H9N7O. The summed E-state index contributed by atoms with van der Waals surface area (Å²) in [7, 11) is 1.78. The summed E-state index contributed by atoms with van der Waals surface area (Å²) in [4.78, 5) is 19.9. The van der Waals surface area contributed by atoms with E-state index in [1.54, 1.807) is 24.0 Å². The van der Waals surface area contributed by atoms with E-state index < -0.39 is 0 Å².